The Morgan fingerprint density at radius 2 is 0.935 bits per heavy atom. The molecule has 0 aromatic carbocycles. The van der Waals surface area contributed by atoms with Crippen molar-refractivity contribution >= 4 is 5.91 Å². The second-order valence-electron chi connectivity index (χ2n) is 18.6. The number of nitrogens with one attached hydrogen (secondary N) is 1. The second kappa shape index (κ2) is 41.3. The Hall–Kier alpha value is -1.15. The van der Waals surface area contributed by atoms with Crippen LogP contribution in [-0.4, -0.2) is 110 Å². The summed E-state index contributed by atoms with van der Waals surface area (Å²) >= 11 is 0. The zero-order valence-corrected chi connectivity index (χ0v) is 39.9. The van der Waals surface area contributed by atoms with Crippen LogP contribution in [0.5, 0.6) is 0 Å². The highest BCUT2D eigenvalue weighted by molar-refractivity contribution is 5.80. The fourth-order valence-electron chi connectivity index (χ4n) is 8.50. The number of carbonyl (C=O) groups excluding carboxylic acids is 1. The smallest absolute Gasteiger partial charge is 0.249 e. The maximum atomic E-state index is 13.1. The van der Waals surface area contributed by atoms with Crippen molar-refractivity contribution in [1.82, 2.24) is 5.32 Å². The molecule has 1 fully saturated rings. The van der Waals surface area contributed by atoms with Crippen molar-refractivity contribution < 1.29 is 50.0 Å². The molecule has 1 aliphatic rings. The van der Waals surface area contributed by atoms with E-state index in [2.05, 4.69) is 31.3 Å². The van der Waals surface area contributed by atoms with E-state index in [4.69, 9.17) is 9.47 Å². The third-order valence-corrected chi connectivity index (χ3v) is 12.8. The molecule has 0 aliphatic carbocycles. The molecule has 1 rings (SSSR count). The zero-order valence-electron chi connectivity index (χ0n) is 39.9. The maximum Gasteiger partial charge on any atom is 0.249 e. The molecule has 9 atom stereocenters. The molecule has 9 unspecified atom stereocenters. The summed E-state index contributed by atoms with van der Waals surface area (Å²) in [6.07, 6.45) is 34.6. The molecule has 0 saturated carbocycles. The van der Waals surface area contributed by atoms with Crippen LogP contribution in [-0.2, 0) is 14.3 Å². The van der Waals surface area contributed by atoms with Crippen molar-refractivity contribution in [3.8, 4) is 0 Å². The van der Waals surface area contributed by atoms with Crippen LogP contribution in [0.1, 0.15) is 239 Å². The van der Waals surface area contributed by atoms with Crippen molar-refractivity contribution in [2.75, 3.05) is 13.2 Å². The van der Waals surface area contributed by atoms with Gasteiger partial charge in [-0.25, -0.2) is 0 Å². The first-order chi connectivity index (χ1) is 30.2. The van der Waals surface area contributed by atoms with Crippen LogP contribution in [0.3, 0.4) is 0 Å². The molecule has 62 heavy (non-hydrogen) atoms. The molecular weight excluding hydrogens is 787 g/mol. The van der Waals surface area contributed by atoms with Gasteiger partial charge in [0.25, 0.3) is 0 Å². The van der Waals surface area contributed by atoms with Crippen molar-refractivity contribution in [2.24, 2.45) is 0 Å². The first-order valence-corrected chi connectivity index (χ1v) is 26.1. The number of hydrogen-bond donors (Lipinski definition) is 8. The molecule has 1 heterocycles. The Bertz CT molecular complexity index is 1020. The SMILES string of the molecule is CCCCCCCCCCCCCC/C=C\CCCCCCCCCCCCCCC(O)C(=O)NC(COC1OC(CO)C(O)C(O)C1O)C(O)C(O)CCCCCCCCC. The average molecular weight is 886 g/mol. The van der Waals surface area contributed by atoms with E-state index in [-0.39, 0.29) is 6.42 Å². The number of aliphatic hydroxyl groups excluding tert-OH is 7. The molecule has 0 bridgehead atoms. The van der Waals surface area contributed by atoms with E-state index < -0.39 is 74.2 Å². The number of carbonyl (C=O) groups is 1. The fraction of sp³-hybridized carbons (Fsp3) is 0.941. The van der Waals surface area contributed by atoms with Crippen molar-refractivity contribution in [3.63, 3.8) is 0 Å². The summed E-state index contributed by atoms with van der Waals surface area (Å²) in [5.41, 5.74) is 0. The lowest BCUT2D eigenvalue weighted by atomic mass is 9.98. The lowest BCUT2D eigenvalue weighted by molar-refractivity contribution is -0.303. The van der Waals surface area contributed by atoms with Crippen LogP contribution in [0.2, 0.25) is 0 Å². The van der Waals surface area contributed by atoms with Crippen molar-refractivity contribution in [3.05, 3.63) is 12.2 Å². The van der Waals surface area contributed by atoms with E-state index in [1.807, 2.05) is 0 Å². The Balaban J connectivity index is 2.19. The summed E-state index contributed by atoms with van der Waals surface area (Å²) in [5.74, 6) is -0.698. The number of amides is 1. The largest absolute Gasteiger partial charge is 0.394 e. The maximum absolute atomic E-state index is 13.1. The van der Waals surface area contributed by atoms with Crippen LogP contribution >= 0.6 is 0 Å². The van der Waals surface area contributed by atoms with Crippen molar-refractivity contribution in [1.29, 1.82) is 0 Å². The van der Waals surface area contributed by atoms with Gasteiger partial charge in [0.05, 0.1) is 25.4 Å². The molecule has 1 aliphatic heterocycles. The summed E-state index contributed by atoms with van der Waals surface area (Å²) in [6.45, 7) is 3.39. The van der Waals surface area contributed by atoms with Gasteiger partial charge in [0.15, 0.2) is 6.29 Å². The minimum atomic E-state index is -1.66. The Morgan fingerprint density at radius 3 is 1.35 bits per heavy atom. The first-order valence-electron chi connectivity index (χ1n) is 26.1. The third-order valence-electron chi connectivity index (χ3n) is 12.8. The van der Waals surface area contributed by atoms with E-state index in [1.54, 1.807) is 0 Å². The molecule has 8 N–H and O–H groups in total. The van der Waals surface area contributed by atoms with Crippen LogP contribution < -0.4 is 5.32 Å². The predicted octanol–water partition coefficient (Wildman–Crippen LogP) is 9.62. The molecule has 11 nitrogen and oxygen atoms in total. The number of aliphatic hydroxyl groups is 7. The minimum absolute atomic E-state index is 0.262. The fourth-order valence-corrected chi connectivity index (χ4v) is 8.50. The van der Waals surface area contributed by atoms with Gasteiger partial charge in [0.2, 0.25) is 5.91 Å². The van der Waals surface area contributed by atoms with Gasteiger partial charge in [-0.2, -0.15) is 0 Å². The second-order valence-corrected chi connectivity index (χ2v) is 18.6. The van der Waals surface area contributed by atoms with Crippen LogP contribution in [0.4, 0.5) is 0 Å². The van der Waals surface area contributed by atoms with Gasteiger partial charge >= 0.3 is 0 Å². The molecular formula is C51H99NO10. The molecule has 0 radical (unpaired) electrons. The predicted molar refractivity (Wildman–Crippen MR) is 252 cm³/mol. The molecule has 0 aromatic rings. The monoisotopic (exact) mass is 886 g/mol. The van der Waals surface area contributed by atoms with E-state index in [9.17, 15) is 40.5 Å². The van der Waals surface area contributed by atoms with Gasteiger partial charge < -0.3 is 50.5 Å². The molecule has 1 amide bonds. The number of hydrogen-bond acceptors (Lipinski definition) is 10. The summed E-state index contributed by atoms with van der Waals surface area (Å²) in [4.78, 5) is 13.1. The van der Waals surface area contributed by atoms with Crippen LogP contribution in [0.15, 0.2) is 12.2 Å². The van der Waals surface area contributed by atoms with E-state index >= 15 is 0 Å². The highest BCUT2D eigenvalue weighted by Crippen LogP contribution is 2.23. The molecule has 368 valence electrons. The van der Waals surface area contributed by atoms with Crippen LogP contribution in [0, 0.1) is 0 Å². The lowest BCUT2D eigenvalue weighted by Gasteiger charge is -2.40. The van der Waals surface area contributed by atoms with Gasteiger partial charge in [0.1, 0.15) is 36.6 Å². The Kier molecular flexibility index (Phi) is 39.2. The highest BCUT2D eigenvalue weighted by atomic mass is 16.7. The summed E-state index contributed by atoms with van der Waals surface area (Å²) in [5, 5.41) is 75.4. The molecule has 11 heteroatoms. The first kappa shape index (κ1) is 58.9. The van der Waals surface area contributed by atoms with Gasteiger partial charge in [-0.1, -0.05) is 212 Å². The van der Waals surface area contributed by atoms with Gasteiger partial charge in [-0.15, -0.1) is 0 Å². The summed E-state index contributed by atoms with van der Waals surface area (Å²) < 4.78 is 11.1. The quantitative estimate of drug-likeness (QED) is 0.0216. The minimum Gasteiger partial charge on any atom is -0.394 e. The normalized spacial score (nSPS) is 21.3. The molecule has 0 aromatic heterocycles. The summed E-state index contributed by atoms with van der Waals surface area (Å²) in [6, 6.07) is -1.16. The number of allylic oxidation sites excluding steroid dienone is 2. The number of ether oxygens (including phenoxy) is 2. The van der Waals surface area contributed by atoms with Gasteiger partial charge in [-0.05, 0) is 38.5 Å². The van der Waals surface area contributed by atoms with E-state index in [0.29, 0.717) is 19.3 Å². The standard InChI is InChI=1S/C51H99NO10/c1-3-5-7-9-11-12-13-14-15-16-17-18-19-20-21-22-23-24-25-26-27-28-29-30-31-33-35-37-39-44(55)50(60)52-42(46(56)43(54)38-36-34-32-10-8-6-4-2)41-61-51-49(59)48(58)47(57)45(40-53)62-51/h20-21,42-49,51,53-59H,3-19,22-41H2,1-2H3,(H,52,60)/b21-20-. The Morgan fingerprint density at radius 1 is 0.548 bits per heavy atom. The number of rotatable bonds is 44. The molecule has 1 saturated heterocycles. The van der Waals surface area contributed by atoms with Crippen LogP contribution in [0.25, 0.3) is 0 Å². The number of unbranched alkanes of at least 4 members (excludes halogenated alkanes) is 30. The average Bonchev–Trinajstić information content (AvgIpc) is 3.27. The third kappa shape index (κ3) is 30.1. The summed E-state index contributed by atoms with van der Waals surface area (Å²) in [7, 11) is 0. The van der Waals surface area contributed by atoms with E-state index in [0.717, 1.165) is 44.9 Å². The topological polar surface area (TPSA) is 189 Å². The van der Waals surface area contributed by atoms with Gasteiger partial charge in [0, 0.05) is 0 Å². The molecule has 0 spiro atoms. The highest BCUT2D eigenvalue weighted by Gasteiger charge is 2.44. The zero-order chi connectivity index (χ0) is 45.5. The van der Waals surface area contributed by atoms with Crippen molar-refractivity contribution in [2.45, 2.75) is 294 Å². The Labute approximate surface area is 379 Å². The van der Waals surface area contributed by atoms with E-state index in [1.165, 1.54) is 154 Å². The lowest BCUT2D eigenvalue weighted by Crippen LogP contribution is -2.60. The van der Waals surface area contributed by atoms with Gasteiger partial charge in [-0.3, -0.25) is 4.79 Å².